The van der Waals surface area contributed by atoms with Gasteiger partial charge in [0, 0.05) is 18.8 Å². The molecule has 0 amide bonds. The maximum atomic E-state index is 13.3. The number of rotatable bonds is 2. The highest BCUT2D eigenvalue weighted by molar-refractivity contribution is 7.80. The van der Waals surface area contributed by atoms with Crippen LogP contribution < -0.4 is 10.6 Å². The second-order valence-corrected chi connectivity index (χ2v) is 7.28. The number of halogens is 2. The zero-order chi connectivity index (χ0) is 19.0. The second-order valence-electron chi connectivity index (χ2n) is 6.88. The molecule has 0 saturated heterocycles. The van der Waals surface area contributed by atoms with E-state index in [0.29, 0.717) is 5.11 Å². The number of thiocarbonyl (C=S) groups is 1. The van der Waals surface area contributed by atoms with Crippen molar-refractivity contribution in [3.8, 4) is 0 Å². The fourth-order valence-electron chi connectivity index (χ4n) is 3.58. The van der Waals surface area contributed by atoms with E-state index in [4.69, 9.17) is 12.2 Å². The maximum absolute atomic E-state index is 13.3. The van der Waals surface area contributed by atoms with E-state index in [0.717, 1.165) is 41.1 Å². The van der Waals surface area contributed by atoms with Crippen LogP contribution in [0.3, 0.4) is 0 Å². The molecule has 2 aromatic rings. The fraction of sp³-hybridized carbons (Fsp3) is 0.190. The molecule has 0 spiro atoms. The average Bonchev–Trinajstić information content (AvgIpc) is 2.64. The summed E-state index contributed by atoms with van der Waals surface area (Å²) in [7, 11) is 2.05. The van der Waals surface area contributed by atoms with Gasteiger partial charge in [0.2, 0.25) is 0 Å². The van der Waals surface area contributed by atoms with Gasteiger partial charge in [-0.3, -0.25) is 4.90 Å². The molecule has 0 aliphatic carbocycles. The van der Waals surface area contributed by atoms with Gasteiger partial charge in [0.05, 0.1) is 6.04 Å². The number of hydrogen-bond donors (Lipinski definition) is 2. The summed E-state index contributed by atoms with van der Waals surface area (Å²) in [6.45, 7) is 1.52. The van der Waals surface area contributed by atoms with E-state index in [9.17, 15) is 8.78 Å². The molecular weight excluding hydrogens is 364 g/mol. The predicted molar refractivity (Wildman–Crippen MR) is 107 cm³/mol. The third kappa shape index (κ3) is 3.77. The van der Waals surface area contributed by atoms with Crippen molar-refractivity contribution in [1.29, 1.82) is 0 Å². The Balaban J connectivity index is 1.78. The van der Waals surface area contributed by atoms with Gasteiger partial charge in [0.1, 0.15) is 11.6 Å². The highest BCUT2D eigenvalue weighted by atomic mass is 32.1. The summed E-state index contributed by atoms with van der Waals surface area (Å²) in [5.41, 5.74) is 5.12. The van der Waals surface area contributed by atoms with Crippen molar-refractivity contribution in [2.24, 2.45) is 0 Å². The van der Waals surface area contributed by atoms with Crippen molar-refractivity contribution in [2.45, 2.75) is 6.04 Å². The Morgan fingerprint density at radius 2 is 1.63 bits per heavy atom. The van der Waals surface area contributed by atoms with E-state index < -0.39 is 0 Å². The minimum atomic E-state index is -0.262. The van der Waals surface area contributed by atoms with Gasteiger partial charge >= 0.3 is 0 Å². The summed E-state index contributed by atoms with van der Waals surface area (Å²) < 4.78 is 26.6. The van der Waals surface area contributed by atoms with Crippen LogP contribution in [0, 0.1) is 11.6 Å². The van der Waals surface area contributed by atoms with Crippen LogP contribution in [0.1, 0.15) is 17.2 Å². The number of nitrogens with one attached hydrogen (secondary N) is 2. The normalized spacial score (nSPS) is 21.7. The maximum Gasteiger partial charge on any atom is 0.171 e. The highest BCUT2D eigenvalue weighted by Crippen LogP contribution is 2.33. The van der Waals surface area contributed by atoms with Crippen molar-refractivity contribution in [2.75, 3.05) is 20.1 Å². The summed E-state index contributed by atoms with van der Waals surface area (Å²) in [5.74, 6) is -0.516. The molecule has 1 atom stereocenters. The molecule has 0 bridgehead atoms. The molecule has 2 aromatic carbocycles. The first-order valence-electron chi connectivity index (χ1n) is 8.70. The van der Waals surface area contributed by atoms with E-state index in [-0.39, 0.29) is 17.7 Å². The monoisotopic (exact) mass is 383 g/mol. The average molecular weight is 383 g/mol. The first kappa shape index (κ1) is 17.8. The van der Waals surface area contributed by atoms with Crippen molar-refractivity contribution >= 4 is 23.4 Å². The van der Waals surface area contributed by atoms with E-state index in [1.54, 1.807) is 24.3 Å². The van der Waals surface area contributed by atoms with Gasteiger partial charge in [-0.05, 0) is 71.9 Å². The van der Waals surface area contributed by atoms with E-state index in [1.165, 1.54) is 24.3 Å². The van der Waals surface area contributed by atoms with Gasteiger partial charge < -0.3 is 10.6 Å². The molecule has 2 aliphatic rings. The van der Waals surface area contributed by atoms with E-state index >= 15 is 0 Å². The van der Waals surface area contributed by atoms with Crippen molar-refractivity contribution in [3.05, 3.63) is 88.1 Å². The van der Waals surface area contributed by atoms with Crippen LogP contribution in [0.2, 0.25) is 0 Å². The molecule has 0 radical (unpaired) electrons. The summed E-state index contributed by atoms with van der Waals surface area (Å²) >= 11 is 5.42. The van der Waals surface area contributed by atoms with Gasteiger partial charge in [0.25, 0.3) is 0 Å². The van der Waals surface area contributed by atoms with Crippen LogP contribution >= 0.6 is 12.2 Å². The molecule has 2 N–H and O–H groups in total. The molecule has 0 fully saturated rings. The Bertz CT molecular complexity index is 933. The van der Waals surface area contributed by atoms with Crippen LogP contribution in [0.5, 0.6) is 0 Å². The first-order chi connectivity index (χ1) is 13.0. The second kappa shape index (κ2) is 7.21. The standard InChI is InChI=1S/C21H19F2N3S/c1-26-11-15(10-13-2-6-16(22)7-3-13)20-18(12-26)19(24-21(27)25-20)14-4-8-17(23)9-5-14/h2-10,19H,11-12H2,1H3,(H2,24,25,27)/b15-10+/t19-/m0/s1. The Morgan fingerprint density at radius 1 is 1.00 bits per heavy atom. The Hall–Kier alpha value is -2.57. The van der Waals surface area contributed by atoms with Gasteiger partial charge in [-0.15, -0.1) is 0 Å². The summed E-state index contributed by atoms with van der Waals surface area (Å²) in [6, 6.07) is 12.8. The van der Waals surface area contributed by atoms with Crippen LogP contribution in [0.4, 0.5) is 8.78 Å². The van der Waals surface area contributed by atoms with E-state index in [2.05, 4.69) is 22.6 Å². The largest absolute Gasteiger partial charge is 0.352 e. The zero-order valence-electron chi connectivity index (χ0n) is 14.8. The Kier molecular flexibility index (Phi) is 4.76. The lowest BCUT2D eigenvalue weighted by Gasteiger charge is -2.39. The molecule has 0 unspecified atom stereocenters. The lowest BCUT2D eigenvalue weighted by molar-refractivity contribution is 0.364. The van der Waals surface area contributed by atoms with E-state index in [1.807, 2.05) is 6.08 Å². The summed E-state index contributed by atoms with van der Waals surface area (Å²) in [4.78, 5) is 2.21. The third-order valence-corrected chi connectivity index (χ3v) is 5.02. The molecule has 0 saturated carbocycles. The van der Waals surface area contributed by atoms with Gasteiger partial charge in [-0.25, -0.2) is 8.78 Å². The smallest absolute Gasteiger partial charge is 0.171 e. The number of benzene rings is 2. The quantitative estimate of drug-likeness (QED) is 0.772. The van der Waals surface area contributed by atoms with Crippen LogP contribution in [-0.2, 0) is 0 Å². The van der Waals surface area contributed by atoms with Crippen molar-refractivity contribution in [3.63, 3.8) is 0 Å². The third-order valence-electron chi connectivity index (χ3n) is 4.80. The minimum Gasteiger partial charge on any atom is -0.352 e. The predicted octanol–water partition coefficient (Wildman–Crippen LogP) is 3.77. The number of nitrogens with zero attached hydrogens (tertiary/aromatic N) is 1. The lowest BCUT2D eigenvalue weighted by atomic mass is 9.89. The summed E-state index contributed by atoms with van der Waals surface area (Å²) in [5, 5.41) is 7.13. The number of hydrogen-bond acceptors (Lipinski definition) is 2. The number of likely N-dealkylation sites (N-methyl/N-ethyl adjacent to an activating group) is 1. The van der Waals surface area contributed by atoms with Crippen LogP contribution in [-0.4, -0.2) is 30.1 Å². The van der Waals surface area contributed by atoms with Crippen LogP contribution in [0.25, 0.3) is 6.08 Å². The first-order valence-corrected chi connectivity index (χ1v) is 9.11. The Labute approximate surface area is 162 Å². The molecule has 3 nitrogen and oxygen atoms in total. The van der Waals surface area contributed by atoms with Gasteiger partial charge in [-0.1, -0.05) is 24.3 Å². The SMILES string of the molecule is CN1CC2=C(NC(=S)N[C@H]2c2ccc(F)cc2)/C(=C/c2ccc(F)cc2)C1. The molecule has 27 heavy (non-hydrogen) atoms. The van der Waals surface area contributed by atoms with Gasteiger partial charge in [0.15, 0.2) is 5.11 Å². The van der Waals surface area contributed by atoms with Gasteiger partial charge in [-0.2, -0.15) is 0 Å². The highest BCUT2D eigenvalue weighted by Gasteiger charge is 2.32. The molecule has 138 valence electrons. The Morgan fingerprint density at radius 3 is 2.30 bits per heavy atom. The molecule has 2 heterocycles. The zero-order valence-corrected chi connectivity index (χ0v) is 15.6. The molecule has 2 aliphatic heterocycles. The van der Waals surface area contributed by atoms with Crippen molar-refractivity contribution < 1.29 is 8.78 Å². The topological polar surface area (TPSA) is 27.3 Å². The summed E-state index contributed by atoms with van der Waals surface area (Å²) in [6.07, 6.45) is 2.05. The molecule has 0 aromatic heterocycles. The van der Waals surface area contributed by atoms with Crippen LogP contribution in [0.15, 0.2) is 65.4 Å². The molecular formula is C21H19F2N3S. The minimum absolute atomic E-state index is 0.117. The molecule has 4 rings (SSSR count). The van der Waals surface area contributed by atoms with Crippen molar-refractivity contribution in [1.82, 2.24) is 15.5 Å². The lowest BCUT2D eigenvalue weighted by Crippen LogP contribution is -2.49. The molecule has 6 heteroatoms. The fourth-order valence-corrected chi connectivity index (χ4v) is 3.80.